The van der Waals surface area contributed by atoms with Crippen LogP contribution in [0.5, 0.6) is 5.75 Å². The minimum Gasteiger partial charge on any atom is -0.494 e. The summed E-state index contributed by atoms with van der Waals surface area (Å²) < 4.78 is 5.03. The Kier molecular flexibility index (Phi) is 7.09. The molecule has 1 aromatic rings. The number of rotatable bonds is 7. The summed E-state index contributed by atoms with van der Waals surface area (Å²) in [5, 5.41) is 16.7. The number of carbonyl (C=O) groups excluding carboxylic acids is 2. The molecule has 0 radical (unpaired) electrons. The lowest BCUT2D eigenvalue weighted by molar-refractivity contribution is -0.384. The van der Waals surface area contributed by atoms with Crippen LogP contribution < -0.4 is 10.1 Å². The third kappa shape index (κ3) is 5.66. The van der Waals surface area contributed by atoms with Crippen LogP contribution in [0.15, 0.2) is 23.4 Å². The Morgan fingerprint density at radius 1 is 1.44 bits per heavy atom. The topological polar surface area (TPSA) is 123 Å². The monoisotopic (exact) mass is 378 g/mol. The lowest BCUT2D eigenvalue weighted by Gasteiger charge is -2.32. The molecule has 1 fully saturated rings. The summed E-state index contributed by atoms with van der Waals surface area (Å²) in [6.07, 6.45) is 3.93. The van der Waals surface area contributed by atoms with Crippen molar-refractivity contribution in [3.8, 4) is 5.75 Å². The number of hydrogen-bond acceptors (Lipinski definition) is 7. The van der Waals surface area contributed by atoms with E-state index < -0.39 is 10.8 Å². The minimum atomic E-state index is -0.624. The van der Waals surface area contributed by atoms with Crippen molar-refractivity contribution in [2.24, 2.45) is 5.16 Å². The smallest absolute Gasteiger partial charge is 0.273 e. The van der Waals surface area contributed by atoms with Crippen LogP contribution in [0.4, 0.5) is 11.4 Å². The highest BCUT2D eigenvalue weighted by molar-refractivity contribution is 6.31. The summed E-state index contributed by atoms with van der Waals surface area (Å²) >= 11 is 0. The number of methoxy groups -OCH3 is 1. The van der Waals surface area contributed by atoms with E-state index in [4.69, 9.17) is 9.57 Å². The van der Waals surface area contributed by atoms with Crippen LogP contribution in [0, 0.1) is 10.1 Å². The zero-order chi connectivity index (χ0) is 19.8. The van der Waals surface area contributed by atoms with Crippen LogP contribution in [0.25, 0.3) is 0 Å². The first-order valence-electron chi connectivity index (χ1n) is 8.50. The van der Waals surface area contributed by atoms with E-state index in [9.17, 15) is 19.7 Å². The molecule has 10 heteroatoms. The van der Waals surface area contributed by atoms with E-state index in [0.717, 1.165) is 25.5 Å². The first-order chi connectivity index (χ1) is 12.9. The normalized spacial score (nSPS) is 16.8. The van der Waals surface area contributed by atoms with Crippen LogP contribution in [0.1, 0.15) is 26.2 Å². The maximum absolute atomic E-state index is 12.1. The van der Waals surface area contributed by atoms with Gasteiger partial charge in [-0.05, 0) is 32.3 Å². The molecule has 2 rings (SSSR count). The highest BCUT2D eigenvalue weighted by Crippen LogP contribution is 2.28. The lowest BCUT2D eigenvalue weighted by Crippen LogP contribution is -2.43. The van der Waals surface area contributed by atoms with Crippen molar-refractivity contribution >= 4 is 29.4 Å². The predicted octanol–water partition coefficient (Wildman–Crippen LogP) is 1.95. The number of carbonyl (C=O) groups is 2. The van der Waals surface area contributed by atoms with Crippen molar-refractivity contribution in [3.05, 3.63) is 28.3 Å². The van der Waals surface area contributed by atoms with Gasteiger partial charge in [-0.3, -0.25) is 19.7 Å². The number of ether oxygens (including phenoxy) is 1. The van der Waals surface area contributed by atoms with Gasteiger partial charge in [0.15, 0.2) is 6.61 Å². The number of piperidine rings is 1. The van der Waals surface area contributed by atoms with Gasteiger partial charge < -0.3 is 19.8 Å². The number of oxime groups is 1. The molecule has 1 atom stereocenters. The number of nitro benzene ring substituents is 1. The zero-order valence-electron chi connectivity index (χ0n) is 15.2. The van der Waals surface area contributed by atoms with Crippen molar-refractivity contribution in [2.45, 2.75) is 32.2 Å². The molecule has 0 aromatic heterocycles. The van der Waals surface area contributed by atoms with Gasteiger partial charge in [-0.1, -0.05) is 5.16 Å². The molecular weight excluding hydrogens is 356 g/mol. The molecule has 0 spiro atoms. The van der Waals surface area contributed by atoms with Gasteiger partial charge in [-0.2, -0.15) is 0 Å². The molecule has 0 aliphatic carbocycles. The fraction of sp³-hybridized carbons (Fsp3) is 0.471. The van der Waals surface area contributed by atoms with E-state index in [0.29, 0.717) is 6.54 Å². The van der Waals surface area contributed by atoms with Gasteiger partial charge in [-0.15, -0.1) is 0 Å². The van der Waals surface area contributed by atoms with Gasteiger partial charge in [0.25, 0.3) is 17.5 Å². The largest absolute Gasteiger partial charge is 0.494 e. The predicted molar refractivity (Wildman–Crippen MR) is 97.7 cm³/mol. The fourth-order valence-electron chi connectivity index (χ4n) is 2.79. The van der Waals surface area contributed by atoms with Crippen LogP contribution in [-0.2, 0) is 14.4 Å². The molecule has 1 heterocycles. The molecule has 0 bridgehead atoms. The molecule has 1 saturated heterocycles. The summed E-state index contributed by atoms with van der Waals surface area (Å²) in [6, 6.07) is 3.97. The SMILES string of the molecule is COc1cc([N+](=O)[O-])ccc1NC(=O)/C=N\OCC(=O)N1CCCC[C@H]1C. The zero-order valence-corrected chi connectivity index (χ0v) is 15.2. The van der Waals surface area contributed by atoms with Gasteiger partial charge in [0.2, 0.25) is 0 Å². The number of nitrogens with zero attached hydrogens (tertiary/aromatic N) is 3. The Hall–Kier alpha value is -3.17. The van der Waals surface area contributed by atoms with Gasteiger partial charge in [0, 0.05) is 18.7 Å². The average Bonchev–Trinajstić information content (AvgIpc) is 2.65. The van der Waals surface area contributed by atoms with Gasteiger partial charge >= 0.3 is 0 Å². The number of anilines is 1. The standard InChI is InChI=1S/C17H22N4O6/c1-12-5-3-4-8-20(12)17(23)11-27-18-10-16(22)19-14-7-6-13(21(24)25)9-15(14)26-2/h6-7,9-10,12H,3-5,8,11H2,1-2H3,(H,19,22)/b18-10-/t12-/m1/s1. The fourth-order valence-corrected chi connectivity index (χ4v) is 2.79. The maximum atomic E-state index is 12.1. The van der Waals surface area contributed by atoms with Crippen molar-refractivity contribution in [1.29, 1.82) is 0 Å². The van der Waals surface area contributed by atoms with Gasteiger partial charge in [0.1, 0.15) is 12.0 Å². The molecule has 146 valence electrons. The summed E-state index contributed by atoms with van der Waals surface area (Å²) in [4.78, 5) is 40.8. The molecule has 1 aromatic carbocycles. The molecule has 1 aliphatic heterocycles. The second-order valence-corrected chi connectivity index (χ2v) is 6.07. The molecule has 27 heavy (non-hydrogen) atoms. The number of nitro groups is 1. The van der Waals surface area contributed by atoms with Crippen LogP contribution in [0.3, 0.4) is 0 Å². The third-order valence-electron chi connectivity index (χ3n) is 4.21. The van der Waals surface area contributed by atoms with E-state index in [-0.39, 0.29) is 35.7 Å². The van der Waals surface area contributed by atoms with Crippen molar-refractivity contribution in [2.75, 3.05) is 25.6 Å². The minimum absolute atomic E-state index is 0.140. The molecule has 0 unspecified atom stereocenters. The summed E-state index contributed by atoms with van der Waals surface area (Å²) in [6.45, 7) is 2.45. The molecule has 10 nitrogen and oxygen atoms in total. The number of likely N-dealkylation sites (tertiary alicyclic amines) is 1. The van der Waals surface area contributed by atoms with E-state index in [1.165, 1.54) is 25.3 Å². The van der Waals surface area contributed by atoms with Crippen molar-refractivity contribution in [1.82, 2.24) is 4.90 Å². The van der Waals surface area contributed by atoms with Crippen molar-refractivity contribution < 1.29 is 24.1 Å². The molecular formula is C17H22N4O6. The Labute approximate surface area is 156 Å². The van der Waals surface area contributed by atoms with Gasteiger partial charge in [0.05, 0.1) is 23.8 Å². The number of nitrogens with one attached hydrogen (secondary N) is 1. The van der Waals surface area contributed by atoms with E-state index in [1.54, 1.807) is 4.90 Å². The number of hydrogen-bond donors (Lipinski definition) is 1. The Morgan fingerprint density at radius 3 is 2.89 bits per heavy atom. The van der Waals surface area contributed by atoms with Crippen LogP contribution in [0.2, 0.25) is 0 Å². The molecule has 1 N–H and O–H groups in total. The van der Waals surface area contributed by atoms with Crippen molar-refractivity contribution in [3.63, 3.8) is 0 Å². The molecule has 2 amide bonds. The number of non-ortho nitro benzene ring substituents is 1. The Bertz CT molecular complexity index is 736. The summed E-state index contributed by atoms with van der Waals surface area (Å²) in [5.41, 5.74) is 0.0880. The van der Waals surface area contributed by atoms with E-state index in [1.807, 2.05) is 6.92 Å². The highest BCUT2D eigenvalue weighted by atomic mass is 16.6. The second-order valence-electron chi connectivity index (χ2n) is 6.07. The lowest BCUT2D eigenvalue weighted by atomic mass is 10.0. The molecule has 0 saturated carbocycles. The van der Waals surface area contributed by atoms with E-state index in [2.05, 4.69) is 10.5 Å². The average molecular weight is 378 g/mol. The number of benzene rings is 1. The number of amides is 2. The Balaban J connectivity index is 1.84. The second kappa shape index (κ2) is 9.51. The summed E-state index contributed by atoms with van der Waals surface area (Å²) in [7, 11) is 1.33. The molecule has 1 aliphatic rings. The quantitative estimate of drug-likeness (QED) is 0.439. The summed E-state index contributed by atoms with van der Waals surface area (Å²) in [5.74, 6) is -0.654. The first-order valence-corrected chi connectivity index (χ1v) is 8.50. The maximum Gasteiger partial charge on any atom is 0.273 e. The van der Waals surface area contributed by atoms with Gasteiger partial charge in [-0.25, -0.2) is 0 Å². The van der Waals surface area contributed by atoms with Crippen LogP contribution in [-0.4, -0.2) is 54.2 Å². The third-order valence-corrected chi connectivity index (χ3v) is 4.21. The first kappa shape index (κ1) is 20.1. The van der Waals surface area contributed by atoms with Crippen LogP contribution >= 0.6 is 0 Å². The Morgan fingerprint density at radius 2 is 2.22 bits per heavy atom. The highest BCUT2D eigenvalue weighted by Gasteiger charge is 2.23. The van der Waals surface area contributed by atoms with E-state index >= 15 is 0 Å².